The van der Waals surface area contributed by atoms with Crippen molar-refractivity contribution in [2.75, 3.05) is 32.2 Å². The molecule has 9 nitrogen and oxygen atoms in total. The van der Waals surface area contributed by atoms with Crippen molar-refractivity contribution < 1.29 is 14.3 Å². The number of hydrogen-bond acceptors (Lipinski definition) is 7. The summed E-state index contributed by atoms with van der Waals surface area (Å²) < 4.78 is 12.4. The van der Waals surface area contributed by atoms with Crippen LogP contribution >= 0.6 is 0 Å². The topological polar surface area (TPSA) is 94.4 Å². The Hall–Kier alpha value is -3.62. The molecule has 1 aliphatic heterocycles. The van der Waals surface area contributed by atoms with E-state index >= 15 is 0 Å². The second-order valence-corrected chi connectivity index (χ2v) is 7.09. The second kappa shape index (κ2) is 8.40. The van der Waals surface area contributed by atoms with Gasteiger partial charge in [-0.25, -0.2) is 9.97 Å². The number of carbonyl (C=O) groups excluding carboxylic acids is 1. The lowest BCUT2D eigenvalue weighted by Crippen LogP contribution is -2.37. The van der Waals surface area contributed by atoms with Gasteiger partial charge in [-0.05, 0) is 24.6 Å². The number of ether oxygens (including phenoxy) is 2. The Balaban J connectivity index is 1.45. The molecular formula is C21H24N6O3. The Labute approximate surface area is 174 Å². The number of hydrogen-bond donors (Lipinski definition) is 1. The summed E-state index contributed by atoms with van der Waals surface area (Å²) in [5.41, 5.74) is 2.21. The van der Waals surface area contributed by atoms with Gasteiger partial charge < -0.3 is 19.7 Å². The molecule has 1 saturated heterocycles. The van der Waals surface area contributed by atoms with Crippen LogP contribution in [0.5, 0.6) is 11.5 Å². The van der Waals surface area contributed by atoms with Crippen molar-refractivity contribution in [3.05, 3.63) is 48.4 Å². The Bertz CT molecular complexity index is 1050. The van der Waals surface area contributed by atoms with Crippen molar-refractivity contribution >= 4 is 11.9 Å². The van der Waals surface area contributed by atoms with E-state index in [0.29, 0.717) is 29.6 Å². The molecule has 0 saturated carbocycles. The number of benzene rings is 1. The number of rotatable bonds is 6. The van der Waals surface area contributed by atoms with Crippen molar-refractivity contribution in [3.63, 3.8) is 0 Å². The zero-order valence-corrected chi connectivity index (χ0v) is 17.2. The lowest BCUT2D eigenvalue weighted by Gasteiger charge is -2.18. The smallest absolute Gasteiger partial charge is 0.255 e. The molecule has 30 heavy (non-hydrogen) atoms. The molecule has 3 aromatic rings. The summed E-state index contributed by atoms with van der Waals surface area (Å²) in [6, 6.07) is 7.11. The predicted molar refractivity (Wildman–Crippen MR) is 112 cm³/mol. The third-order valence-corrected chi connectivity index (χ3v) is 5.10. The maximum absolute atomic E-state index is 12.8. The fourth-order valence-electron chi connectivity index (χ4n) is 3.60. The van der Waals surface area contributed by atoms with Crippen LogP contribution < -0.4 is 19.7 Å². The summed E-state index contributed by atoms with van der Waals surface area (Å²) in [5, 5.41) is 7.28. The van der Waals surface area contributed by atoms with Crippen molar-refractivity contribution in [1.29, 1.82) is 0 Å². The Morgan fingerprint density at radius 2 is 2.10 bits per heavy atom. The van der Waals surface area contributed by atoms with Gasteiger partial charge in [-0.1, -0.05) is 6.07 Å². The molecule has 1 atom stereocenters. The number of aromatic nitrogens is 4. The van der Waals surface area contributed by atoms with Gasteiger partial charge in [0.1, 0.15) is 0 Å². The summed E-state index contributed by atoms with van der Waals surface area (Å²) in [5.74, 6) is 1.41. The average molecular weight is 408 g/mol. The quantitative estimate of drug-likeness (QED) is 0.666. The Morgan fingerprint density at radius 3 is 2.83 bits per heavy atom. The standard InChI is InChI=1S/C21H24N6O3/c1-26-12-14(11-23-26)17-7-9-22-21(25-17)27-10-8-15(13-27)24-20(28)16-5-4-6-18(29-2)19(16)30-3/h4-7,9,11-12,15H,8,10,13H2,1-3H3,(H,24,28). The molecule has 1 fully saturated rings. The Morgan fingerprint density at radius 1 is 1.23 bits per heavy atom. The summed E-state index contributed by atoms with van der Waals surface area (Å²) >= 11 is 0. The van der Waals surface area contributed by atoms with E-state index in [4.69, 9.17) is 9.47 Å². The van der Waals surface area contributed by atoms with Gasteiger partial charge in [0.25, 0.3) is 5.91 Å². The van der Waals surface area contributed by atoms with Crippen LogP contribution in [0.2, 0.25) is 0 Å². The molecule has 0 spiro atoms. The van der Waals surface area contributed by atoms with E-state index in [1.165, 1.54) is 7.11 Å². The highest BCUT2D eigenvalue weighted by atomic mass is 16.5. The minimum absolute atomic E-state index is 0.0148. The van der Waals surface area contributed by atoms with Gasteiger partial charge in [-0.2, -0.15) is 5.10 Å². The first kappa shape index (κ1) is 19.7. The van der Waals surface area contributed by atoms with Crippen LogP contribution in [0, 0.1) is 0 Å². The first-order valence-electron chi connectivity index (χ1n) is 9.68. The fourth-order valence-corrected chi connectivity index (χ4v) is 3.60. The van der Waals surface area contributed by atoms with Crippen molar-refractivity contribution in [2.45, 2.75) is 12.5 Å². The molecule has 9 heteroatoms. The molecule has 3 heterocycles. The highest BCUT2D eigenvalue weighted by molar-refractivity contribution is 5.98. The molecule has 1 aliphatic rings. The molecule has 0 aliphatic carbocycles. The average Bonchev–Trinajstić information content (AvgIpc) is 3.42. The fraction of sp³-hybridized carbons (Fsp3) is 0.333. The van der Waals surface area contributed by atoms with E-state index in [-0.39, 0.29) is 11.9 Å². The van der Waals surface area contributed by atoms with Gasteiger partial charge in [0.15, 0.2) is 11.5 Å². The zero-order chi connectivity index (χ0) is 21.1. The lowest BCUT2D eigenvalue weighted by atomic mass is 10.1. The zero-order valence-electron chi connectivity index (χ0n) is 17.2. The van der Waals surface area contributed by atoms with E-state index in [9.17, 15) is 4.79 Å². The predicted octanol–water partition coefficient (Wildman–Crippen LogP) is 1.90. The number of methoxy groups -OCH3 is 2. The van der Waals surface area contributed by atoms with Crippen LogP contribution in [0.25, 0.3) is 11.3 Å². The minimum Gasteiger partial charge on any atom is -0.493 e. The molecule has 1 amide bonds. The molecule has 1 aromatic carbocycles. The largest absolute Gasteiger partial charge is 0.493 e. The van der Waals surface area contributed by atoms with Crippen molar-refractivity contribution in [3.8, 4) is 22.8 Å². The molecule has 156 valence electrons. The van der Waals surface area contributed by atoms with Gasteiger partial charge in [0.2, 0.25) is 5.95 Å². The number of aryl methyl sites for hydroxylation is 1. The molecular weight excluding hydrogens is 384 g/mol. The van der Waals surface area contributed by atoms with Gasteiger partial charge in [-0.3, -0.25) is 9.48 Å². The van der Waals surface area contributed by atoms with Gasteiger partial charge in [-0.15, -0.1) is 0 Å². The summed E-state index contributed by atoms with van der Waals surface area (Å²) in [6.07, 6.45) is 6.25. The van der Waals surface area contributed by atoms with Crippen LogP contribution in [0.15, 0.2) is 42.9 Å². The highest BCUT2D eigenvalue weighted by Crippen LogP contribution is 2.31. The maximum Gasteiger partial charge on any atom is 0.255 e. The summed E-state index contributed by atoms with van der Waals surface area (Å²) in [4.78, 5) is 24.0. The van der Waals surface area contributed by atoms with Gasteiger partial charge in [0, 0.05) is 44.1 Å². The molecule has 1 N–H and O–H groups in total. The normalized spacial score (nSPS) is 15.8. The molecule has 4 rings (SSSR count). The van der Waals surface area contributed by atoms with E-state index < -0.39 is 0 Å². The molecule has 1 unspecified atom stereocenters. The summed E-state index contributed by atoms with van der Waals surface area (Å²) in [6.45, 7) is 1.39. The Kier molecular flexibility index (Phi) is 5.51. The van der Waals surface area contributed by atoms with Crippen LogP contribution in [0.1, 0.15) is 16.8 Å². The number of carbonyl (C=O) groups is 1. The number of nitrogens with one attached hydrogen (secondary N) is 1. The minimum atomic E-state index is -0.192. The first-order valence-corrected chi connectivity index (χ1v) is 9.68. The molecule has 2 aromatic heterocycles. The van der Waals surface area contributed by atoms with E-state index in [1.807, 2.05) is 19.3 Å². The van der Waals surface area contributed by atoms with E-state index in [1.54, 1.807) is 42.4 Å². The lowest BCUT2D eigenvalue weighted by molar-refractivity contribution is 0.0936. The number of amides is 1. The highest BCUT2D eigenvalue weighted by Gasteiger charge is 2.27. The second-order valence-electron chi connectivity index (χ2n) is 7.09. The number of nitrogens with zero attached hydrogens (tertiary/aromatic N) is 5. The monoisotopic (exact) mass is 408 g/mol. The van der Waals surface area contributed by atoms with Gasteiger partial charge >= 0.3 is 0 Å². The van der Waals surface area contributed by atoms with Crippen molar-refractivity contribution in [1.82, 2.24) is 25.1 Å². The third-order valence-electron chi connectivity index (χ3n) is 5.10. The van der Waals surface area contributed by atoms with Gasteiger partial charge in [0.05, 0.1) is 31.7 Å². The van der Waals surface area contributed by atoms with Crippen LogP contribution in [0.3, 0.4) is 0 Å². The van der Waals surface area contributed by atoms with Crippen LogP contribution in [-0.4, -0.2) is 59.0 Å². The number of anilines is 1. The van der Waals surface area contributed by atoms with Crippen LogP contribution in [0.4, 0.5) is 5.95 Å². The maximum atomic E-state index is 12.8. The summed E-state index contributed by atoms with van der Waals surface area (Å²) in [7, 11) is 4.95. The van der Waals surface area contributed by atoms with E-state index in [2.05, 4.69) is 25.3 Å². The first-order chi connectivity index (χ1) is 14.6. The number of para-hydroxylation sites is 1. The molecule has 0 radical (unpaired) electrons. The SMILES string of the molecule is COc1cccc(C(=O)NC2CCN(c3nccc(-c4cnn(C)c4)n3)C2)c1OC. The third kappa shape index (κ3) is 3.91. The van der Waals surface area contributed by atoms with Crippen molar-refractivity contribution in [2.24, 2.45) is 7.05 Å². The van der Waals surface area contributed by atoms with E-state index in [0.717, 1.165) is 24.2 Å². The van der Waals surface area contributed by atoms with Crippen LogP contribution in [-0.2, 0) is 7.05 Å². The molecule has 0 bridgehead atoms.